The van der Waals surface area contributed by atoms with E-state index in [1.54, 1.807) is 7.11 Å². The van der Waals surface area contributed by atoms with Gasteiger partial charge in [-0.1, -0.05) is 26.7 Å². The van der Waals surface area contributed by atoms with Gasteiger partial charge in [-0.05, 0) is 26.3 Å². The Labute approximate surface area is 108 Å². The van der Waals surface area contributed by atoms with Gasteiger partial charge in [-0.2, -0.15) is 0 Å². The van der Waals surface area contributed by atoms with E-state index in [2.05, 4.69) is 31.0 Å². The Morgan fingerprint density at radius 2 is 1.88 bits per heavy atom. The zero-order valence-electron chi connectivity index (χ0n) is 12.3. The van der Waals surface area contributed by atoms with Gasteiger partial charge in [0.2, 0.25) is 0 Å². The summed E-state index contributed by atoms with van der Waals surface area (Å²) in [5.41, 5.74) is 0. The zero-order valence-corrected chi connectivity index (χ0v) is 12.3. The maximum absolute atomic E-state index is 5.16. The minimum Gasteiger partial charge on any atom is -0.383 e. The van der Waals surface area contributed by atoms with Gasteiger partial charge >= 0.3 is 0 Å². The average Bonchev–Trinajstić information content (AvgIpc) is 2.36. The summed E-state index contributed by atoms with van der Waals surface area (Å²) >= 11 is 0. The molecular weight excluding hydrogens is 212 g/mol. The van der Waals surface area contributed by atoms with Crippen LogP contribution in [0.4, 0.5) is 0 Å². The monoisotopic (exact) mass is 244 g/mol. The topological polar surface area (TPSA) is 24.5 Å². The Morgan fingerprint density at radius 3 is 2.47 bits per heavy atom. The number of nitrogens with zero attached hydrogens (tertiary/aromatic N) is 1. The molecule has 3 nitrogen and oxygen atoms in total. The fourth-order valence-corrected chi connectivity index (χ4v) is 1.87. The summed E-state index contributed by atoms with van der Waals surface area (Å²) in [6.45, 7) is 12.1. The molecule has 104 valence electrons. The molecule has 0 aromatic rings. The van der Waals surface area contributed by atoms with Crippen molar-refractivity contribution in [2.75, 3.05) is 39.9 Å². The second-order valence-electron chi connectivity index (χ2n) is 4.74. The zero-order chi connectivity index (χ0) is 12.9. The van der Waals surface area contributed by atoms with Gasteiger partial charge < -0.3 is 10.1 Å². The molecule has 0 aliphatic heterocycles. The van der Waals surface area contributed by atoms with Crippen molar-refractivity contribution >= 4 is 0 Å². The summed E-state index contributed by atoms with van der Waals surface area (Å²) in [5.74, 6) is 0. The van der Waals surface area contributed by atoms with Crippen molar-refractivity contribution in [1.82, 2.24) is 10.2 Å². The van der Waals surface area contributed by atoms with Gasteiger partial charge in [0.1, 0.15) is 0 Å². The molecule has 0 saturated heterocycles. The number of rotatable bonds is 12. The molecule has 1 N–H and O–H groups in total. The van der Waals surface area contributed by atoms with E-state index in [1.807, 2.05) is 0 Å². The Balaban J connectivity index is 3.60. The van der Waals surface area contributed by atoms with Crippen LogP contribution in [-0.4, -0.2) is 50.8 Å². The van der Waals surface area contributed by atoms with E-state index < -0.39 is 0 Å². The smallest absolute Gasteiger partial charge is 0.0589 e. The SMILES string of the molecule is CCCCCNCCN(CCOC)C(C)CC. The van der Waals surface area contributed by atoms with Crippen molar-refractivity contribution in [3.63, 3.8) is 0 Å². The second-order valence-corrected chi connectivity index (χ2v) is 4.74. The molecule has 0 bridgehead atoms. The molecule has 1 atom stereocenters. The minimum atomic E-state index is 0.655. The van der Waals surface area contributed by atoms with Gasteiger partial charge in [0.15, 0.2) is 0 Å². The lowest BCUT2D eigenvalue weighted by Crippen LogP contribution is -2.40. The number of hydrogen-bond donors (Lipinski definition) is 1. The van der Waals surface area contributed by atoms with Crippen LogP contribution in [0.15, 0.2) is 0 Å². The molecule has 0 aromatic carbocycles. The quantitative estimate of drug-likeness (QED) is 0.534. The Bertz CT molecular complexity index is 153. The first-order chi connectivity index (χ1) is 8.26. The third-order valence-electron chi connectivity index (χ3n) is 3.33. The first-order valence-corrected chi connectivity index (χ1v) is 7.19. The van der Waals surface area contributed by atoms with E-state index in [9.17, 15) is 0 Å². The van der Waals surface area contributed by atoms with E-state index >= 15 is 0 Å². The average molecular weight is 244 g/mol. The van der Waals surface area contributed by atoms with E-state index in [1.165, 1.54) is 25.7 Å². The summed E-state index contributed by atoms with van der Waals surface area (Å²) in [5, 5.41) is 3.52. The first-order valence-electron chi connectivity index (χ1n) is 7.19. The standard InChI is InChI=1S/C14H32N2O/c1-5-7-8-9-15-10-11-16(12-13-17-4)14(3)6-2/h14-15H,5-13H2,1-4H3. The van der Waals surface area contributed by atoms with Crippen molar-refractivity contribution in [1.29, 1.82) is 0 Å². The van der Waals surface area contributed by atoms with E-state index in [4.69, 9.17) is 4.74 Å². The molecule has 0 rings (SSSR count). The summed E-state index contributed by atoms with van der Waals surface area (Å²) in [4.78, 5) is 2.51. The van der Waals surface area contributed by atoms with Crippen LogP contribution >= 0.6 is 0 Å². The van der Waals surface area contributed by atoms with Crippen molar-refractivity contribution in [3.8, 4) is 0 Å². The first kappa shape index (κ1) is 16.9. The number of nitrogens with one attached hydrogen (secondary N) is 1. The van der Waals surface area contributed by atoms with Crippen LogP contribution < -0.4 is 5.32 Å². The van der Waals surface area contributed by atoms with Crippen molar-refractivity contribution in [2.45, 2.75) is 52.5 Å². The van der Waals surface area contributed by atoms with E-state index in [0.29, 0.717) is 6.04 Å². The fourth-order valence-electron chi connectivity index (χ4n) is 1.87. The number of unbranched alkanes of at least 4 members (excludes halogenated alkanes) is 2. The van der Waals surface area contributed by atoms with Gasteiger partial charge in [0.25, 0.3) is 0 Å². The normalized spacial score (nSPS) is 13.2. The molecule has 3 heteroatoms. The lowest BCUT2D eigenvalue weighted by atomic mass is 10.2. The molecule has 0 saturated carbocycles. The van der Waals surface area contributed by atoms with Crippen LogP contribution in [-0.2, 0) is 4.74 Å². The summed E-state index contributed by atoms with van der Waals surface area (Å²) in [6, 6.07) is 0.655. The van der Waals surface area contributed by atoms with Crippen LogP contribution in [0.5, 0.6) is 0 Å². The van der Waals surface area contributed by atoms with Crippen LogP contribution in [0.3, 0.4) is 0 Å². The molecule has 0 spiro atoms. The van der Waals surface area contributed by atoms with Crippen LogP contribution in [0.1, 0.15) is 46.5 Å². The lowest BCUT2D eigenvalue weighted by molar-refractivity contribution is 0.123. The maximum atomic E-state index is 5.16. The van der Waals surface area contributed by atoms with Crippen molar-refractivity contribution in [2.24, 2.45) is 0 Å². The van der Waals surface area contributed by atoms with Crippen molar-refractivity contribution in [3.05, 3.63) is 0 Å². The lowest BCUT2D eigenvalue weighted by Gasteiger charge is -2.28. The van der Waals surface area contributed by atoms with Crippen LogP contribution in [0.2, 0.25) is 0 Å². The maximum Gasteiger partial charge on any atom is 0.0589 e. The minimum absolute atomic E-state index is 0.655. The van der Waals surface area contributed by atoms with Gasteiger partial charge in [-0.15, -0.1) is 0 Å². The molecule has 0 amide bonds. The number of methoxy groups -OCH3 is 1. The molecule has 0 aliphatic rings. The third-order valence-corrected chi connectivity index (χ3v) is 3.33. The molecule has 1 unspecified atom stereocenters. The Kier molecular flexibility index (Phi) is 12.3. The molecule has 0 radical (unpaired) electrons. The van der Waals surface area contributed by atoms with Crippen molar-refractivity contribution < 1.29 is 4.74 Å². The fraction of sp³-hybridized carbons (Fsp3) is 1.00. The summed E-state index contributed by atoms with van der Waals surface area (Å²) in [6.07, 6.45) is 5.15. The highest BCUT2D eigenvalue weighted by Gasteiger charge is 2.10. The highest BCUT2D eigenvalue weighted by Crippen LogP contribution is 2.02. The van der Waals surface area contributed by atoms with Gasteiger partial charge in [0.05, 0.1) is 6.61 Å². The van der Waals surface area contributed by atoms with Gasteiger partial charge in [-0.3, -0.25) is 4.90 Å². The number of ether oxygens (including phenoxy) is 1. The summed E-state index contributed by atoms with van der Waals surface area (Å²) in [7, 11) is 1.78. The predicted octanol–water partition coefficient (Wildman–Crippen LogP) is 2.51. The van der Waals surface area contributed by atoms with Crippen LogP contribution in [0.25, 0.3) is 0 Å². The highest BCUT2D eigenvalue weighted by molar-refractivity contribution is 4.66. The molecule has 17 heavy (non-hydrogen) atoms. The molecule has 0 fully saturated rings. The Hall–Kier alpha value is -0.120. The highest BCUT2D eigenvalue weighted by atomic mass is 16.5. The van der Waals surface area contributed by atoms with Gasteiger partial charge in [0, 0.05) is 32.8 Å². The second kappa shape index (κ2) is 12.3. The molecule has 0 aliphatic carbocycles. The summed E-state index contributed by atoms with van der Waals surface area (Å²) < 4.78 is 5.16. The van der Waals surface area contributed by atoms with Crippen LogP contribution in [0, 0.1) is 0 Å². The molecule has 0 aromatic heterocycles. The largest absolute Gasteiger partial charge is 0.383 e. The third kappa shape index (κ3) is 9.57. The molecule has 0 heterocycles. The molecular formula is C14H32N2O. The van der Waals surface area contributed by atoms with Gasteiger partial charge in [-0.25, -0.2) is 0 Å². The predicted molar refractivity (Wildman–Crippen MR) is 75.6 cm³/mol. The Morgan fingerprint density at radius 1 is 1.12 bits per heavy atom. The number of hydrogen-bond acceptors (Lipinski definition) is 3. The van der Waals surface area contributed by atoms with E-state index in [-0.39, 0.29) is 0 Å². The van der Waals surface area contributed by atoms with E-state index in [0.717, 1.165) is 32.8 Å².